The summed E-state index contributed by atoms with van der Waals surface area (Å²) in [7, 11) is 0. The van der Waals surface area contributed by atoms with Gasteiger partial charge in [0.25, 0.3) is 0 Å². The van der Waals surface area contributed by atoms with Crippen molar-refractivity contribution in [2.75, 3.05) is 0 Å². The summed E-state index contributed by atoms with van der Waals surface area (Å²) in [6.45, 7) is 10.2. The molecule has 0 aromatic heterocycles. The van der Waals surface area contributed by atoms with Crippen LogP contribution in [-0.4, -0.2) is 18.0 Å². The second kappa shape index (κ2) is 3.79. The Morgan fingerprint density at radius 3 is 2.00 bits per heavy atom. The van der Waals surface area contributed by atoms with Crippen LogP contribution in [0, 0.1) is 17.8 Å². The van der Waals surface area contributed by atoms with Crippen molar-refractivity contribution in [1.29, 1.82) is 0 Å². The fourth-order valence-electron chi connectivity index (χ4n) is 2.13. The molecule has 0 spiro atoms. The number of carbonyl (C=O) groups is 1. The van der Waals surface area contributed by atoms with Crippen LogP contribution in [-0.2, 0) is 9.53 Å². The van der Waals surface area contributed by atoms with Crippen LogP contribution in [0.5, 0.6) is 0 Å². The standard InChI is InChI=1S/C11H20O2/c1-6-7(2)10(5)13-11(8(6)3)9(4)12/h6-8,10-11H,1-5H3/t6-,7?,8-,10?,11?/m1/s1. The Balaban J connectivity index is 2.76. The molecule has 2 nitrogen and oxygen atoms in total. The minimum absolute atomic E-state index is 0.165. The minimum Gasteiger partial charge on any atom is -0.367 e. The fraction of sp³-hybridized carbons (Fsp3) is 0.909. The molecule has 2 heteroatoms. The maximum atomic E-state index is 11.3. The van der Waals surface area contributed by atoms with E-state index in [-0.39, 0.29) is 18.0 Å². The fourth-order valence-corrected chi connectivity index (χ4v) is 2.13. The van der Waals surface area contributed by atoms with Gasteiger partial charge in [-0.25, -0.2) is 0 Å². The van der Waals surface area contributed by atoms with Crippen LogP contribution in [0.3, 0.4) is 0 Å². The van der Waals surface area contributed by atoms with Crippen LogP contribution >= 0.6 is 0 Å². The first kappa shape index (κ1) is 10.7. The number of Topliss-reactive ketones (excluding diaryl/α,β-unsaturated/α-hetero) is 1. The van der Waals surface area contributed by atoms with Gasteiger partial charge in [-0.05, 0) is 31.6 Å². The lowest BCUT2D eigenvalue weighted by Gasteiger charge is -2.41. The van der Waals surface area contributed by atoms with Gasteiger partial charge >= 0.3 is 0 Å². The normalized spacial score (nSPS) is 46.1. The molecule has 1 heterocycles. The van der Waals surface area contributed by atoms with E-state index >= 15 is 0 Å². The molecule has 1 fully saturated rings. The van der Waals surface area contributed by atoms with Gasteiger partial charge in [-0.15, -0.1) is 0 Å². The molecular weight excluding hydrogens is 164 g/mol. The molecular formula is C11H20O2. The average Bonchev–Trinajstić information content (AvgIpc) is 2.07. The highest BCUT2D eigenvalue weighted by Gasteiger charge is 2.38. The molecule has 0 saturated carbocycles. The monoisotopic (exact) mass is 184 g/mol. The highest BCUT2D eigenvalue weighted by atomic mass is 16.5. The number of ketones is 1. The largest absolute Gasteiger partial charge is 0.367 e. The van der Waals surface area contributed by atoms with Crippen molar-refractivity contribution < 1.29 is 9.53 Å². The Bertz CT molecular complexity index is 200. The lowest BCUT2D eigenvalue weighted by molar-refractivity contribution is -0.156. The van der Waals surface area contributed by atoms with E-state index < -0.39 is 0 Å². The molecule has 5 atom stereocenters. The molecule has 0 N–H and O–H groups in total. The SMILES string of the molecule is CC(=O)C1OC(C)C(C)[C@@H](C)[C@H]1C. The topological polar surface area (TPSA) is 26.3 Å². The van der Waals surface area contributed by atoms with Crippen molar-refractivity contribution in [2.45, 2.75) is 46.8 Å². The number of rotatable bonds is 1. The van der Waals surface area contributed by atoms with Gasteiger partial charge in [0.05, 0.1) is 6.10 Å². The van der Waals surface area contributed by atoms with Gasteiger partial charge < -0.3 is 4.74 Å². The van der Waals surface area contributed by atoms with Crippen molar-refractivity contribution in [3.05, 3.63) is 0 Å². The predicted octanol–water partition coefficient (Wildman–Crippen LogP) is 2.27. The van der Waals surface area contributed by atoms with Crippen LogP contribution in [0.15, 0.2) is 0 Å². The third kappa shape index (κ3) is 1.93. The zero-order valence-electron chi connectivity index (χ0n) is 9.20. The van der Waals surface area contributed by atoms with Crippen molar-refractivity contribution in [3.8, 4) is 0 Å². The smallest absolute Gasteiger partial charge is 0.158 e. The van der Waals surface area contributed by atoms with Crippen molar-refractivity contribution in [1.82, 2.24) is 0 Å². The third-order valence-corrected chi connectivity index (χ3v) is 3.64. The third-order valence-electron chi connectivity index (χ3n) is 3.64. The molecule has 3 unspecified atom stereocenters. The van der Waals surface area contributed by atoms with Crippen molar-refractivity contribution >= 4 is 5.78 Å². The summed E-state index contributed by atoms with van der Waals surface area (Å²) >= 11 is 0. The maximum absolute atomic E-state index is 11.3. The van der Waals surface area contributed by atoms with Gasteiger partial charge in [-0.1, -0.05) is 20.8 Å². The number of hydrogen-bond acceptors (Lipinski definition) is 2. The maximum Gasteiger partial charge on any atom is 0.158 e. The van der Waals surface area contributed by atoms with Crippen LogP contribution in [0.1, 0.15) is 34.6 Å². The molecule has 0 radical (unpaired) electrons. The Morgan fingerprint density at radius 1 is 1.00 bits per heavy atom. The molecule has 0 aromatic rings. The Labute approximate surface area is 80.7 Å². The first-order valence-electron chi connectivity index (χ1n) is 5.11. The zero-order valence-corrected chi connectivity index (χ0v) is 9.20. The summed E-state index contributed by atoms with van der Waals surface area (Å²) in [5.74, 6) is 1.63. The molecule has 76 valence electrons. The minimum atomic E-state index is -0.179. The lowest BCUT2D eigenvalue weighted by Crippen LogP contribution is -2.46. The van der Waals surface area contributed by atoms with Crippen LogP contribution in [0.4, 0.5) is 0 Å². The first-order chi connectivity index (χ1) is 5.95. The summed E-state index contributed by atoms with van der Waals surface area (Å²) in [6, 6.07) is 0. The van der Waals surface area contributed by atoms with Crippen LogP contribution in [0.2, 0.25) is 0 Å². The first-order valence-corrected chi connectivity index (χ1v) is 5.11. The average molecular weight is 184 g/mol. The van der Waals surface area contributed by atoms with E-state index in [1.165, 1.54) is 0 Å². The molecule has 1 rings (SSSR count). The Kier molecular flexibility index (Phi) is 3.12. The quantitative estimate of drug-likeness (QED) is 0.625. The molecule has 1 aliphatic heterocycles. The van der Waals surface area contributed by atoms with E-state index in [1.807, 2.05) is 0 Å². The van der Waals surface area contributed by atoms with Gasteiger partial charge in [-0.2, -0.15) is 0 Å². The van der Waals surface area contributed by atoms with Gasteiger partial charge in [0.1, 0.15) is 6.10 Å². The van der Waals surface area contributed by atoms with E-state index in [1.54, 1.807) is 6.92 Å². The number of ether oxygens (including phenoxy) is 1. The lowest BCUT2D eigenvalue weighted by atomic mass is 9.76. The summed E-state index contributed by atoms with van der Waals surface area (Å²) < 4.78 is 5.69. The van der Waals surface area contributed by atoms with Crippen molar-refractivity contribution in [3.63, 3.8) is 0 Å². The highest BCUT2D eigenvalue weighted by molar-refractivity contribution is 5.80. The van der Waals surface area contributed by atoms with Gasteiger partial charge in [-0.3, -0.25) is 4.79 Å². The molecule has 13 heavy (non-hydrogen) atoms. The summed E-state index contributed by atoms with van der Waals surface area (Å²) in [4.78, 5) is 11.3. The van der Waals surface area contributed by atoms with Gasteiger partial charge in [0, 0.05) is 0 Å². The summed E-state index contributed by atoms with van der Waals surface area (Å²) in [5, 5.41) is 0. The van der Waals surface area contributed by atoms with Crippen LogP contribution < -0.4 is 0 Å². The Hall–Kier alpha value is -0.370. The second-order valence-electron chi connectivity index (χ2n) is 4.45. The van der Waals surface area contributed by atoms with Gasteiger partial charge in [0.15, 0.2) is 5.78 Å². The highest BCUT2D eigenvalue weighted by Crippen LogP contribution is 2.34. The molecule has 1 aliphatic rings. The molecule has 0 aliphatic carbocycles. The van der Waals surface area contributed by atoms with Gasteiger partial charge in [0.2, 0.25) is 0 Å². The van der Waals surface area contributed by atoms with Crippen LogP contribution in [0.25, 0.3) is 0 Å². The predicted molar refractivity (Wildman–Crippen MR) is 52.5 cm³/mol. The molecule has 0 aromatic carbocycles. The molecule has 0 bridgehead atoms. The second-order valence-corrected chi connectivity index (χ2v) is 4.45. The van der Waals surface area contributed by atoms with Crippen molar-refractivity contribution in [2.24, 2.45) is 17.8 Å². The number of carbonyl (C=O) groups excluding carboxylic acids is 1. The van der Waals surface area contributed by atoms with E-state index in [4.69, 9.17) is 4.74 Å². The summed E-state index contributed by atoms with van der Waals surface area (Å²) in [6.07, 6.45) is 0.0290. The number of hydrogen-bond donors (Lipinski definition) is 0. The van der Waals surface area contributed by atoms with E-state index in [0.717, 1.165) is 0 Å². The Morgan fingerprint density at radius 2 is 1.54 bits per heavy atom. The summed E-state index contributed by atoms with van der Waals surface area (Å²) in [5.41, 5.74) is 0. The van der Waals surface area contributed by atoms with E-state index in [9.17, 15) is 4.79 Å². The molecule has 1 saturated heterocycles. The zero-order chi connectivity index (χ0) is 10.2. The van der Waals surface area contributed by atoms with E-state index in [0.29, 0.717) is 17.8 Å². The van der Waals surface area contributed by atoms with E-state index in [2.05, 4.69) is 27.7 Å². The molecule has 0 amide bonds.